The molecule has 62 heavy (non-hydrogen) atoms. The Kier molecular flexibility index (Phi) is 8.22. The van der Waals surface area contributed by atoms with Crippen LogP contribution in [0.2, 0.25) is 19.6 Å². The molecule has 2 atom stereocenters. The number of rotatable bonds is 3. The number of hydrogen-bond donors (Lipinski definition) is 0. The highest BCUT2D eigenvalue weighted by molar-refractivity contribution is 6.88. The molecule has 3 aromatic heterocycles. The summed E-state index contributed by atoms with van der Waals surface area (Å²) in [5, 5.41) is 5.02. The van der Waals surface area contributed by atoms with Crippen molar-refractivity contribution in [2.45, 2.75) is 50.9 Å². The zero-order chi connectivity index (χ0) is 41.9. The Labute approximate surface area is 361 Å². The SMILES string of the molecule is C=C1CC2C(CCc3ccc4c(oc5ccccc54)c3-c3n(-c4c(-c5ccccc5)cc(F)c5ccccc45)c4ccccc4[n+]31)c1ccccc1-c1ccc([Si](C)(C)C)c[n+]12. The van der Waals surface area contributed by atoms with E-state index in [1.807, 2.05) is 42.5 Å². The number of aromatic nitrogens is 3. The molecule has 2 unspecified atom stereocenters. The van der Waals surface area contributed by atoms with Crippen LogP contribution in [0.1, 0.15) is 35.9 Å². The van der Waals surface area contributed by atoms with Gasteiger partial charge in [0.1, 0.15) is 28.3 Å². The van der Waals surface area contributed by atoms with Gasteiger partial charge in [0.25, 0.3) is 0 Å². The van der Waals surface area contributed by atoms with Crippen LogP contribution in [0.15, 0.2) is 175 Å². The summed E-state index contributed by atoms with van der Waals surface area (Å²) in [6.07, 6.45) is 4.96. The predicted octanol–water partition coefficient (Wildman–Crippen LogP) is 13.1. The Balaban J connectivity index is 1.23. The molecule has 0 amide bonds. The molecule has 0 bridgehead atoms. The summed E-state index contributed by atoms with van der Waals surface area (Å²) in [7, 11) is -1.66. The maximum absolute atomic E-state index is 16.5. The molecule has 2 aliphatic heterocycles. The van der Waals surface area contributed by atoms with E-state index in [4.69, 9.17) is 11.0 Å². The first-order chi connectivity index (χ1) is 30.2. The fraction of sp³-hybridized carbons (Fsp3) is 0.143. The maximum atomic E-state index is 16.5. The smallest absolute Gasteiger partial charge is 0.304 e. The van der Waals surface area contributed by atoms with Crippen molar-refractivity contribution in [3.63, 3.8) is 0 Å². The van der Waals surface area contributed by atoms with Gasteiger partial charge in [0.2, 0.25) is 5.69 Å². The molecule has 0 saturated carbocycles. The Morgan fingerprint density at radius 2 is 1.44 bits per heavy atom. The number of para-hydroxylation sites is 3. The van der Waals surface area contributed by atoms with Crippen molar-refractivity contribution in [1.29, 1.82) is 0 Å². The van der Waals surface area contributed by atoms with Gasteiger partial charge in [-0.15, -0.1) is 0 Å². The zero-order valence-electron chi connectivity index (χ0n) is 35.2. The number of furan rings is 1. The highest BCUT2D eigenvalue weighted by Crippen LogP contribution is 2.48. The van der Waals surface area contributed by atoms with Gasteiger partial charge in [-0.05, 0) is 65.9 Å². The fourth-order valence-electron chi connectivity index (χ4n) is 10.8. The molecular formula is C56H46FN3OSi+2. The fourth-order valence-corrected chi connectivity index (χ4v) is 11.9. The van der Waals surface area contributed by atoms with Crippen molar-refractivity contribution >= 4 is 62.7 Å². The van der Waals surface area contributed by atoms with Crippen LogP contribution in [-0.2, 0) is 6.42 Å². The monoisotopic (exact) mass is 823 g/mol. The molecule has 4 nitrogen and oxygen atoms in total. The van der Waals surface area contributed by atoms with Crippen molar-refractivity contribution in [2.75, 3.05) is 0 Å². The molecule has 0 radical (unpaired) electrons. The molecule has 10 aromatic rings. The number of nitrogens with zero attached hydrogens (tertiary/aromatic N) is 3. The van der Waals surface area contributed by atoms with Crippen LogP contribution in [-0.4, -0.2) is 12.6 Å². The van der Waals surface area contributed by atoms with Gasteiger partial charge < -0.3 is 4.42 Å². The summed E-state index contributed by atoms with van der Waals surface area (Å²) < 4.78 is 31.0. The van der Waals surface area contributed by atoms with E-state index in [0.29, 0.717) is 5.39 Å². The van der Waals surface area contributed by atoms with Gasteiger partial charge in [-0.1, -0.05) is 141 Å². The van der Waals surface area contributed by atoms with E-state index in [2.05, 4.69) is 149 Å². The van der Waals surface area contributed by atoms with Crippen molar-refractivity contribution in [3.8, 4) is 39.5 Å². The van der Waals surface area contributed by atoms with Crippen LogP contribution in [0.4, 0.5) is 4.39 Å². The number of aryl methyl sites for hydroxylation is 1. The third kappa shape index (κ3) is 5.49. The molecule has 0 N–H and O–H groups in total. The average Bonchev–Trinajstić information content (AvgIpc) is 3.84. The second-order valence-corrected chi connectivity index (χ2v) is 23.3. The summed E-state index contributed by atoms with van der Waals surface area (Å²) in [6.45, 7) is 12.4. The molecule has 5 heterocycles. The molecule has 0 spiro atoms. The summed E-state index contributed by atoms with van der Waals surface area (Å²) in [6, 6.07) is 55.4. The Hall–Kier alpha value is -6.89. The molecule has 0 aliphatic carbocycles. The second-order valence-electron chi connectivity index (χ2n) is 18.3. The first kappa shape index (κ1) is 36.9. The third-order valence-electron chi connectivity index (χ3n) is 13.7. The topological polar surface area (TPSA) is 25.8 Å². The molecule has 7 aromatic carbocycles. The second kappa shape index (κ2) is 13.8. The summed E-state index contributed by atoms with van der Waals surface area (Å²) >= 11 is 0. The van der Waals surface area contributed by atoms with Gasteiger partial charge in [-0.25, -0.2) is 4.39 Å². The van der Waals surface area contributed by atoms with Crippen LogP contribution in [0.3, 0.4) is 0 Å². The molecule has 12 rings (SSSR count). The lowest BCUT2D eigenvalue weighted by Gasteiger charge is -2.32. The predicted molar refractivity (Wildman–Crippen MR) is 254 cm³/mol. The van der Waals surface area contributed by atoms with E-state index < -0.39 is 8.07 Å². The number of fused-ring (bicyclic) bond motifs is 16. The van der Waals surface area contributed by atoms with Crippen molar-refractivity contribution in [1.82, 2.24) is 4.57 Å². The lowest BCUT2D eigenvalue weighted by Crippen LogP contribution is -2.53. The van der Waals surface area contributed by atoms with Crippen LogP contribution < -0.4 is 14.3 Å². The van der Waals surface area contributed by atoms with Crippen molar-refractivity contribution in [2.24, 2.45) is 0 Å². The first-order valence-corrected chi connectivity index (χ1v) is 25.3. The van der Waals surface area contributed by atoms with Crippen LogP contribution in [0, 0.1) is 5.82 Å². The Bertz CT molecular complexity index is 3480. The van der Waals surface area contributed by atoms with Gasteiger partial charge in [0.15, 0.2) is 28.9 Å². The molecule has 300 valence electrons. The van der Waals surface area contributed by atoms with Gasteiger partial charge >= 0.3 is 5.82 Å². The normalized spacial score (nSPS) is 16.2. The van der Waals surface area contributed by atoms with Crippen molar-refractivity contribution < 1.29 is 17.9 Å². The lowest BCUT2D eigenvalue weighted by molar-refractivity contribution is -0.719. The minimum atomic E-state index is -1.66. The minimum absolute atomic E-state index is 0.120. The maximum Gasteiger partial charge on any atom is 0.304 e. The zero-order valence-corrected chi connectivity index (χ0v) is 36.2. The largest absolute Gasteiger partial charge is 0.455 e. The highest BCUT2D eigenvalue weighted by atomic mass is 28.3. The quantitative estimate of drug-likeness (QED) is 0.129. The third-order valence-corrected chi connectivity index (χ3v) is 15.7. The minimum Gasteiger partial charge on any atom is -0.455 e. The van der Waals surface area contributed by atoms with E-state index in [0.717, 1.165) is 91.5 Å². The van der Waals surface area contributed by atoms with Crippen LogP contribution in [0.5, 0.6) is 0 Å². The van der Waals surface area contributed by atoms with E-state index in [9.17, 15) is 0 Å². The molecule has 6 heteroatoms. The van der Waals surface area contributed by atoms with Gasteiger partial charge in [0, 0.05) is 49.8 Å². The van der Waals surface area contributed by atoms with Gasteiger partial charge in [-0.3, -0.25) is 0 Å². The van der Waals surface area contributed by atoms with E-state index >= 15 is 4.39 Å². The standard InChI is InChI=1S/C56H46FN3OSi/c1-35-32-51-42(39-18-8-10-20-41(39)48-31-28-38(34-58(48)51)62(2,3)4)29-26-37-27-30-45-43-21-12-15-25-52(43)61-55(45)53(37)56-59(35)49-23-13-14-24-50(49)60(56)54-44-22-11-9-19-40(44)47(57)33-46(54)36-16-6-5-7-17-36/h5-25,27-28,30-31,33-34,42,51H,1,26,29,32H2,2-4H3/q+2. The van der Waals surface area contributed by atoms with E-state index in [1.54, 1.807) is 6.07 Å². The highest BCUT2D eigenvalue weighted by Gasteiger charge is 2.45. The van der Waals surface area contributed by atoms with Crippen molar-refractivity contribution in [3.05, 3.63) is 187 Å². The molecule has 2 aliphatic rings. The number of hydrogen-bond acceptors (Lipinski definition) is 1. The number of imidazole rings is 1. The first-order valence-electron chi connectivity index (χ1n) is 21.8. The summed E-state index contributed by atoms with van der Waals surface area (Å²) in [5.41, 5.74) is 13.6. The lowest BCUT2D eigenvalue weighted by atomic mass is 9.77. The summed E-state index contributed by atoms with van der Waals surface area (Å²) in [4.78, 5) is 0. The molecular weight excluding hydrogens is 778 g/mol. The summed E-state index contributed by atoms with van der Waals surface area (Å²) in [5.74, 6) is 0.947. The molecule has 0 fully saturated rings. The number of halogens is 1. The van der Waals surface area contributed by atoms with Crippen LogP contribution in [0.25, 0.3) is 88.9 Å². The number of benzene rings is 7. The van der Waals surface area contributed by atoms with E-state index in [1.165, 1.54) is 27.6 Å². The Morgan fingerprint density at radius 1 is 0.710 bits per heavy atom. The Morgan fingerprint density at radius 3 is 2.27 bits per heavy atom. The number of pyridine rings is 1. The number of allylic oxidation sites excluding steroid dienone is 1. The van der Waals surface area contributed by atoms with Crippen LogP contribution >= 0.6 is 0 Å². The van der Waals surface area contributed by atoms with Gasteiger partial charge in [0.05, 0.1) is 14.5 Å². The molecule has 0 saturated heterocycles. The van der Waals surface area contributed by atoms with Gasteiger partial charge in [-0.2, -0.15) is 13.7 Å². The van der Waals surface area contributed by atoms with E-state index in [-0.39, 0.29) is 17.8 Å². The average molecular weight is 824 g/mol.